The molecule has 1 aliphatic rings. The number of nitrogens with two attached hydrogens (primary N) is 1. The molecule has 2 heterocycles. The first kappa shape index (κ1) is 23.0. The largest absolute Gasteiger partial charge is 0.368 e. The predicted molar refractivity (Wildman–Crippen MR) is 137 cm³/mol. The van der Waals surface area contributed by atoms with Crippen LogP contribution in [0.15, 0.2) is 89.7 Å². The number of para-hydroxylation sites is 1. The van der Waals surface area contributed by atoms with Gasteiger partial charge in [-0.3, -0.25) is 24.0 Å². The maximum Gasteiger partial charge on any atom is 0.261 e. The molecule has 0 spiro atoms. The molecule has 1 aliphatic heterocycles. The van der Waals surface area contributed by atoms with E-state index in [0.717, 1.165) is 26.2 Å². The summed E-state index contributed by atoms with van der Waals surface area (Å²) in [4.78, 5) is 34.3. The van der Waals surface area contributed by atoms with Gasteiger partial charge in [-0.2, -0.15) is 0 Å². The number of carbonyl (C=O) groups excluding carboxylic acids is 1. The second-order valence-electron chi connectivity index (χ2n) is 8.94. The molecule has 1 saturated heterocycles. The fourth-order valence-electron chi connectivity index (χ4n) is 4.92. The number of carbonyl (C=O) groups is 1. The van der Waals surface area contributed by atoms with Crippen molar-refractivity contribution in [2.24, 2.45) is 5.73 Å². The zero-order chi connectivity index (χ0) is 24.2. The Balaban J connectivity index is 1.37. The lowest BCUT2D eigenvalue weighted by molar-refractivity contribution is -0.118. The van der Waals surface area contributed by atoms with Gasteiger partial charge in [0.25, 0.3) is 5.56 Å². The number of aromatic nitrogens is 2. The molecule has 1 fully saturated rings. The average molecular weight is 468 g/mol. The summed E-state index contributed by atoms with van der Waals surface area (Å²) in [6.45, 7) is 3.73. The second kappa shape index (κ2) is 10.2. The van der Waals surface area contributed by atoms with Crippen LogP contribution in [0.3, 0.4) is 0 Å². The first-order valence-electron chi connectivity index (χ1n) is 11.9. The summed E-state index contributed by atoms with van der Waals surface area (Å²) in [5.74, 6) is 0.0208. The van der Waals surface area contributed by atoms with Crippen molar-refractivity contribution in [3.05, 3.63) is 112 Å². The third-order valence-corrected chi connectivity index (χ3v) is 6.62. The quantitative estimate of drug-likeness (QED) is 0.452. The first-order valence-corrected chi connectivity index (χ1v) is 11.9. The molecule has 0 radical (unpaired) electrons. The zero-order valence-electron chi connectivity index (χ0n) is 19.6. The van der Waals surface area contributed by atoms with Crippen LogP contribution in [0.5, 0.6) is 0 Å². The Hall–Kier alpha value is -3.81. The summed E-state index contributed by atoms with van der Waals surface area (Å²) in [5.41, 5.74) is 8.42. The number of fused-ring (bicyclic) bond motifs is 1. The number of piperazine rings is 1. The molecule has 0 bridgehead atoms. The lowest BCUT2D eigenvalue weighted by Gasteiger charge is -2.39. The zero-order valence-corrected chi connectivity index (χ0v) is 19.6. The molecule has 3 aromatic carbocycles. The van der Waals surface area contributed by atoms with Gasteiger partial charge in [0, 0.05) is 26.2 Å². The number of amides is 1. The van der Waals surface area contributed by atoms with E-state index in [4.69, 9.17) is 10.7 Å². The number of primary amides is 1. The van der Waals surface area contributed by atoms with Crippen LogP contribution in [0.4, 0.5) is 0 Å². The minimum atomic E-state index is -0.552. The number of benzene rings is 3. The highest BCUT2D eigenvalue weighted by Gasteiger charge is 2.27. The number of nitrogens with zero attached hydrogens (tertiary/aromatic N) is 4. The van der Waals surface area contributed by atoms with Crippen molar-refractivity contribution in [1.82, 2.24) is 19.4 Å². The first-order chi connectivity index (χ1) is 17.1. The molecule has 0 atom stereocenters. The van der Waals surface area contributed by atoms with E-state index in [9.17, 15) is 9.59 Å². The van der Waals surface area contributed by atoms with Gasteiger partial charge in [-0.05, 0) is 23.3 Å². The normalized spacial score (nSPS) is 15.0. The van der Waals surface area contributed by atoms with Gasteiger partial charge in [0.05, 0.1) is 23.5 Å². The minimum Gasteiger partial charge on any atom is -0.368 e. The van der Waals surface area contributed by atoms with Gasteiger partial charge in [0.15, 0.2) is 0 Å². The molecule has 35 heavy (non-hydrogen) atoms. The van der Waals surface area contributed by atoms with Gasteiger partial charge >= 0.3 is 0 Å². The van der Waals surface area contributed by atoms with Gasteiger partial charge in [-0.25, -0.2) is 4.98 Å². The number of rotatable bonds is 7. The molecular formula is C28H29N5O2. The van der Waals surface area contributed by atoms with Crippen molar-refractivity contribution in [3.63, 3.8) is 0 Å². The van der Waals surface area contributed by atoms with E-state index in [-0.39, 0.29) is 18.1 Å². The van der Waals surface area contributed by atoms with E-state index in [0.29, 0.717) is 23.3 Å². The van der Waals surface area contributed by atoms with Crippen molar-refractivity contribution in [1.29, 1.82) is 0 Å². The summed E-state index contributed by atoms with van der Waals surface area (Å²) >= 11 is 0. The van der Waals surface area contributed by atoms with Gasteiger partial charge in [-0.1, -0.05) is 72.8 Å². The molecule has 0 aliphatic carbocycles. The van der Waals surface area contributed by atoms with Gasteiger partial charge in [0.2, 0.25) is 5.91 Å². The molecule has 0 unspecified atom stereocenters. The number of hydrogen-bond acceptors (Lipinski definition) is 5. The molecular weight excluding hydrogens is 438 g/mol. The minimum absolute atomic E-state index is 0.171. The highest BCUT2D eigenvalue weighted by Crippen LogP contribution is 2.29. The van der Waals surface area contributed by atoms with Crippen LogP contribution in [-0.2, 0) is 17.9 Å². The van der Waals surface area contributed by atoms with Crippen LogP contribution < -0.4 is 11.3 Å². The highest BCUT2D eigenvalue weighted by molar-refractivity contribution is 5.78. The molecule has 7 heteroatoms. The Kier molecular flexibility index (Phi) is 6.70. The summed E-state index contributed by atoms with van der Waals surface area (Å²) in [6, 6.07) is 28.6. The van der Waals surface area contributed by atoms with E-state index < -0.39 is 5.91 Å². The Morgan fingerprint density at radius 1 is 0.829 bits per heavy atom. The monoisotopic (exact) mass is 467 g/mol. The average Bonchev–Trinajstić information content (AvgIpc) is 2.89. The summed E-state index contributed by atoms with van der Waals surface area (Å²) in [6.07, 6.45) is 0. The van der Waals surface area contributed by atoms with E-state index in [1.165, 1.54) is 15.7 Å². The van der Waals surface area contributed by atoms with E-state index in [2.05, 4.69) is 58.3 Å². The van der Waals surface area contributed by atoms with Gasteiger partial charge in [-0.15, -0.1) is 0 Å². The molecule has 1 amide bonds. The molecule has 2 N–H and O–H groups in total. The number of hydrogen-bond donors (Lipinski definition) is 1. The Bertz CT molecular complexity index is 1320. The summed E-state index contributed by atoms with van der Waals surface area (Å²) in [7, 11) is 0. The van der Waals surface area contributed by atoms with Crippen molar-refractivity contribution in [2.45, 2.75) is 19.1 Å². The smallest absolute Gasteiger partial charge is 0.261 e. The molecule has 1 aromatic heterocycles. The van der Waals surface area contributed by atoms with Crippen LogP contribution in [0, 0.1) is 0 Å². The molecule has 5 rings (SSSR count). The van der Waals surface area contributed by atoms with Crippen LogP contribution in [0.25, 0.3) is 10.9 Å². The third kappa shape index (κ3) is 5.01. The van der Waals surface area contributed by atoms with Crippen molar-refractivity contribution < 1.29 is 4.79 Å². The van der Waals surface area contributed by atoms with Gasteiger partial charge in [0.1, 0.15) is 12.4 Å². The molecule has 178 valence electrons. The predicted octanol–water partition coefficient (Wildman–Crippen LogP) is 2.79. The van der Waals surface area contributed by atoms with E-state index in [1.54, 1.807) is 12.1 Å². The van der Waals surface area contributed by atoms with Crippen molar-refractivity contribution in [2.75, 3.05) is 26.2 Å². The van der Waals surface area contributed by atoms with Crippen molar-refractivity contribution >= 4 is 16.8 Å². The maximum absolute atomic E-state index is 13.1. The molecule has 0 saturated carbocycles. The van der Waals surface area contributed by atoms with E-state index in [1.807, 2.05) is 24.3 Å². The fourth-order valence-corrected chi connectivity index (χ4v) is 4.92. The lowest BCUT2D eigenvalue weighted by atomic mass is 9.96. The second-order valence-corrected chi connectivity index (χ2v) is 8.94. The SMILES string of the molecule is NC(=O)Cn1c(CN2CCN(C(c3ccccc3)c3ccccc3)CC2)nc2ccccc2c1=O. The van der Waals surface area contributed by atoms with E-state index >= 15 is 0 Å². The summed E-state index contributed by atoms with van der Waals surface area (Å²) < 4.78 is 1.42. The molecule has 7 nitrogen and oxygen atoms in total. The summed E-state index contributed by atoms with van der Waals surface area (Å²) in [5, 5.41) is 0.496. The van der Waals surface area contributed by atoms with Gasteiger partial charge < -0.3 is 5.73 Å². The topological polar surface area (TPSA) is 84.5 Å². The molecule has 4 aromatic rings. The Labute approximate surface area is 204 Å². The van der Waals surface area contributed by atoms with Crippen LogP contribution >= 0.6 is 0 Å². The third-order valence-electron chi connectivity index (χ3n) is 6.62. The van der Waals surface area contributed by atoms with Crippen LogP contribution in [0.2, 0.25) is 0 Å². The Morgan fingerprint density at radius 2 is 1.40 bits per heavy atom. The van der Waals surface area contributed by atoms with Crippen LogP contribution in [-0.4, -0.2) is 51.4 Å². The van der Waals surface area contributed by atoms with Crippen molar-refractivity contribution in [3.8, 4) is 0 Å². The lowest BCUT2D eigenvalue weighted by Crippen LogP contribution is -2.48. The fraction of sp³-hybridized carbons (Fsp3) is 0.250. The van der Waals surface area contributed by atoms with Crippen LogP contribution in [0.1, 0.15) is 23.0 Å². The maximum atomic E-state index is 13.1. The standard InChI is InChI=1S/C28H29N5O2/c29-25(34)19-33-26(30-24-14-8-7-13-23(24)28(33)35)20-31-15-17-32(18-16-31)27(21-9-3-1-4-10-21)22-11-5-2-6-12-22/h1-14,27H,15-20H2,(H2,29,34). The Morgan fingerprint density at radius 3 is 2.00 bits per heavy atom. The highest BCUT2D eigenvalue weighted by atomic mass is 16.2.